The molecule has 0 aliphatic rings. The highest BCUT2D eigenvalue weighted by atomic mass is 35.5. The number of rotatable bonds is 3. The first kappa shape index (κ1) is 15.6. The third-order valence-corrected chi connectivity index (χ3v) is 3.65. The largest absolute Gasteiger partial charge is 0.325 e. The number of halogens is 2. The van der Waals surface area contributed by atoms with Gasteiger partial charge in [-0.05, 0) is 43.2 Å². The molecule has 0 fully saturated rings. The maximum absolute atomic E-state index is 12.2. The fourth-order valence-electron chi connectivity index (χ4n) is 1.83. The highest BCUT2D eigenvalue weighted by Gasteiger charge is 2.12. The molecule has 0 saturated carbocycles. The minimum Gasteiger partial charge on any atom is -0.325 e. The molecule has 1 N–H and O–H groups in total. The van der Waals surface area contributed by atoms with Gasteiger partial charge in [-0.15, -0.1) is 0 Å². The lowest BCUT2D eigenvalue weighted by Crippen LogP contribution is -2.22. The van der Waals surface area contributed by atoms with Gasteiger partial charge in [-0.2, -0.15) is 0 Å². The van der Waals surface area contributed by atoms with Crippen LogP contribution in [0.25, 0.3) is 5.57 Å². The summed E-state index contributed by atoms with van der Waals surface area (Å²) in [6.45, 7) is 5.81. The number of amides is 1. The number of carbonyl (C=O) groups is 1. The molecule has 1 amide bonds. The molecule has 0 aromatic heterocycles. The first-order chi connectivity index (χ1) is 9.99. The van der Waals surface area contributed by atoms with Crippen molar-refractivity contribution in [3.8, 4) is 0 Å². The molecule has 2 aromatic carbocycles. The van der Waals surface area contributed by atoms with Crippen LogP contribution in [0, 0.1) is 6.92 Å². The zero-order valence-electron chi connectivity index (χ0n) is 11.5. The Morgan fingerprint density at radius 1 is 1.10 bits per heavy atom. The van der Waals surface area contributed by atoms with Gasteiger partial charge in [0, 0.05) is 10.7 Å². The van der Waals surface area contributed by atoms with Gasteiger partial charge in [0.05, 0.1) is 10.6 Å². The van der Waals surface area contributed by atoms with Gasteiger partial charge in [-0.1, -0.05) is 53.5 Å². The second kappa shape index (κ2) is 6.79. The summed E-state index contributed by atoms with van der Waals surface area (Å²) in [6, 6.07) is 14.5. The predicted molar refractivity (Wildman–Crippen MR) is 88.3 cm³/mol. The fourth-order valence-corrected chi connectivity index (χ4v) is 2.33. The quantitative estimate of drug-likeness (QED) is 0.848. The molecular formula is C17H14Cl2NO. The zero-order chi connectivity index (χ0) is 15.4. The molecule has 1 radical (unpaired) electrons. The van der Waals surface area contributed by atoms with Crippen molar-refractivity contribution in [1.29, 1.82) is 0 Å². The predicted octanol–water partition coefficient (Wildman–Crippen LogP) is 4.99. The van der Waals surface area contributed by atoms with E-state index in [0.29, 0.717) is 21.3 Å². The van der Waals surface area contributed by atoms with Gasteiger partial charge in [0.1, 0.15) is 0 Å². The SMILES string of the molecule is [CH2]/C(NC(=O)c1ccc(Cl)cc1Cl)=C(\C)c1ccccc1. The molecule has 0 bridgehead atoms. The molecule has 0 aliphatic heterocycles. The molecule has 107 valence electrons. The topological polar surface area (TPSA) is 29.1 Å². The van der Waals surface area contributed by atoms with Crippen LogP contribution in [0.5, 0.6) is 0 Å². The molecule has 0 atom stereocenters. The van der Waals surface area contributed by atoms with Gasteiger partial charge in [0.15, 0.2) is 0 Å². The Kier molecular flexibility index (Phi) is 5.05. The minimum absolute atomic E-state index is 0.308. The van der Waals surface area contributed by atoms with E-state index in [1.54, 1.807) is 12.1 Å². The van der Waals surface area contributed by atoms with E-state index in [-0.39, 0.29) is 5.91 Å². The number of hydrogen-bond acceptors (Lipinski definition) is 1. The van der Waals surface area contributed by atoms with E-state index in [1.807, 2.05) is 37.3 Å². The summed E-state index contributed by atoms with van der Waals surface area (Å²) >= 11 is 11.8. The molecule has 0 spiro atoms. The summed E-state index contributed by atoms with van der Waals surface area (Å²) in [5.74, 6) is -0.308. The average Bonchev–Trinajstić information content (AvgIpc) is 2.47. The van der Waals surface area contributed by atoms with E-state index >= 15 is 0 Å². The molecule has 0 aliphatic carbocycles. The van der Waals surface area contributed by atoms with E-state index in [2.05, 4.69) is 12.2 Å². The van der Waals surface area contributed by atoms with Crippen LogP contribution in [0.15, 0.2) is 54.2 Å². The molecule has 0 unspecified atom stereocenters. The van der Waals surface area contributed by atoms with Crippen molar-refractivity contribution in [1.82, 2.24) is 5.32 Å². The molecule has 2 aromatic rings. The monoisotopic (exact) mass is 318 g/mol. The van der Waals surface area contributed by atoms with E-state index in [4.69, 9.17) is 23.2 Å². The molecular weight excluding hydrogens is 305 g/mol. The van der Waals surface area contributed by atoms with Crippen LogP contribution in [0.2, 0.25) is 10.0 Å². The van der Waals surface area contributed by atoms with Gasteiger partial charge in [-0.3, -0.25) is 4.79 Å². The maximum atomic E-state index is 12.2. The van der Waals surface area contributed by atoms with Gasteiger partial charge >= 0.3 is 0 Å². The van der Waals surface area contributed by atoms with Crippen LogP contribution in [0.3, 0.4) is 0 Å². The maximum Gasteiger partial charge on any atom is 0.256 e. The third kappa shape index (κ3) is 3.87. The number of carbonyl (C=O) groups excluding carboxylic acids is 1. The van der Waals surface area contributed by atoms with E-state index in [1.165, 1.54) is 6.07 Å². The fraction of sp³-hybridized carbons (Fsp3) is 0.0588. The smallest absolute Gasteiger partial charge is 0.256 e. The third-order valence-electron chi connectivity index (χ3n) is 3.10. The number of allylic oxidation sites excluding steroid dienone is 2. The van der Waals surface area contributed by atoms with E-state index < -0.39 is 0 Å². The molecule has 0 heterocycles. The van der Waals surface area contributed by atoms with Crippen LogP contribution in [0.4, 0.5) is 0 Å². The average molecular weight is 319 g/mol. The Hall–Kier alpha value is -1.77. The standard InChI is InChI=1S/C17H14Cl2NO/c1-11(13-6-4-3-5-7-13)12(2)20-17(21)15-9-8-14(18)10-16(15)19/h3-10H,2H2,1H3,(H,20,21)/b12-11-. The summed E-state index contributed by atoms with van der Waals surface area (Å²) in [5, 5.41) is 3.56. The van der Waals surface area contributed by atoms with Crippen molar-refractivity contribution < 1.29 is 4.79 Å². The summed E-state index contributed by atoms with van der Waals surface area (Å²) < 4.78 is 0. The number of benzene rings is 2. The van der Waals surface area contributed by atoms with Crippen LogP contribution < -0.4 is 5.32 Å². The van der Waals surface area contributed by atoms with Crippen molar-refractivity contribution in [2.24, 2.45) is 0 Å². The molecule has 4 heteroatoms. The normalized spacial score (nSPS) is 11.8. The Balaban J connectivity index is 2.23. The zero-order valence-corrected chi connectivity index (χ0v) is 13.0. The van der Waals surface area contributed by atoms with E-state index in [9.17, 15) is 4.79 Å². The van der Waals surface area contributed by atoms with Gasteiger partial charge in [0.2, 0.25) is 0 Å². The van der Waals surface area contributed by atoms with Crippen molar-refractivity contribution in [3.05, 3.63) is 82.3 Å². The Labute approximate surface area is 134 Å². The molecule has 21 heavy (non-hydrogen) atoms. The lowest BCUT2D eigenvalue weighted by molar-refractivity contribution is 0.0967. The molecule has 2 rings (SSSR count). The van der Waals surface area contributed by atoms with Gasteiger partial charge in [-0.25, -0.2) is 0 Å². The summed E-state index contributed by atoms with van der Waals surface area (Å²) in [7, 11) is 0. The van der Waals surface area contributed by atoms with Crippen molar-refractivity contribution in [2.75, 3.05) is 0 Å². The second-order valence-electron chi connectivity index (χ2n) is 4.55. The Morgan fingerprint density at radius 3 is 2.38 bits per heavy atom. The minimum atomic E-state index is -0.308. The molecule has 2 nitrogen and oxygen atoms in total. The first-order valence-corrected chi connectivity index (χ1v) is 7.09. The summed E-state index contributed by atoms with van der Waals surface area (Å²) in [6.07, 6.45) is 0. The molecule has 0 saturated heterocycles. The van der Waals surface area contributed by atoms with Crippen LogP contribution in [0.1, 0.15) is 22.8 Å². The lowest BCUT2D eigenvalue weighted by Gasteiger charge is -2.11. The first-order valence-electron chi connectivity index (χ1n) is 6.33. The van der Waals surface area contributed by atoms with Crippen molar-refractivity contribution >= 4 is 34.7 Å². The van der Waals surface area contributed by atoms with Crippen LogP contribution in [-0.4, -0.2) is 5.91 Å². The van der Waals surface area contributed by atoms with Crippen molar-refractivity contribution in [3.63, 3.8) is 0 Å². The van der Waals surface area contributed by atoms with Gasteiger partial charge in [0.25, 0.3) is 5.91 Å². The van der Waals surface area contributed by atoms with Crippen LogP contribution >= 0.6 is 23.2 Å². The number of nitrogens with one attached hydrogen (secondary N) is 1. The number of hydrogen-bond donors (Lipinski definition) is 1. The van der Waals surface area contributed by atoms with Crippen LogP contribution in [-0.2, 0) is 0 Å². The second-order valence-corrected chi connectivity index (χ2v) is 5.39. The van der Waals surface area contributed by atoms with E-state index in [0.717, 1.165) is 11.1 Å². The van der Waals surface area contributed by atoms with Crippen molar-refractivity contribution in [2.45, 2.75) is 6.92 Å². The summed E-state index contributed by atoms with van der Waals surface area (Å²) in [5.41, 5.74) is 2.80. The Morgan fingerprint density at radius 2 is 1.76 bits per heavy atom. The van der Waals surface area contributed by atoms with Gasteiger partial charge < -0.3 is 5.32 Å². The highest BCUT2D eigenvalue weighted by Crippen LogP contribution is 2.22. The highest BCUT2D eigenvalue weighted by molar-refractivity contribution is 6.36. The lowest BCUT2D eigenvalue weighted by atomic mass is 10.1. The Bertz CT molecular complexity index is 693. The summed E-state index contributed by atoms with van der Waals surface area (Å²) in [4.78, 5) is 12.2.